The summed E-state index contributed by atoms with van der Waals surface area (Å²) in [6.07, 6.45) is 6.32. The molecule has 3 heterocycles. The summed E-state index contributed by atoms with van der Waals surface area (Å²) in [5, 5.41) is 0. The maximum atomic E-state index is 2.69. The van der Waals surface area contributed by atoms with Crippen LogP contribution in [-0.2, 0) is 17.3 Å². The van der Waals surface area contributed by atoms with Gasteiger partial charge in [-0.2, -0.15) is 11.3 Å². The number of fused-ring (bicyclic) bond motifs is 7. The van der Waals surface area contributed by atoms with Gasteiger partial charge in [-0.1, -0.05) is 154 Å². The third kappa shape index (κ3) is 6.02. The van der Waals surface area contributed by atoms with E-state index in [0.717, 1.165) is 6.42 Å². The van der Waals surface area contributed by atoms with Crippen molar-refractivity contribution in [1.82, 2.24) is 0 Å². The van der Waals surface area contributed by atoms with Crippen molar-refractivity contribution in [2.45, 2.75) is 106 Å². The van der Waals surface area contributed by atoms with Gasteiger partial charge in [0.1, 0.15) is 0 Å². The molecule has 59 heavy (non-hydrogen) atoms. The van der Waals surface area contributed by atoms with Gasteiger partial charge in [-0.15, -0.1) is 0 Å². The SMILES string of the molecule is Cc1cc2c3c(c1)N(c1ccc(C(C)(C)C)cc1)c1c(sc4c1C=C1C(C4)C(C)(C)CCC1(C)C)B3c1cc(C(C)(C)C)ccc1N2c1ccccc1-c1ccccc1. The van der Waals surface area contributed by atoms with Gasteiger partial charge in [0.25, 0.3) is 6.71 Å². The summed E-state index contributed by atoms with van der Waals surface area (Å²) in [4.78, 5) is 6.84. The average molecular weight is 791 g/mol. The molecular weight excluding hydrogens is 731 g/mol. The normalized spacial score (nSPS) is 18.7. The maximum Gasteiger partial charge on any atom is 0.264 e. The molecule has 4 heteroatoms. The first kappa shape index (κ1) is 38.4. The van der Waals surface area contributed by atoms with Crippen molar-refractivity contribution in [3.63, 3.8) is 0 Å². The van der Waals surface area contributed by atoms with E-state index < -0.39 is 0 Å². The zero-order chi connectivity index (χ0) is 41.4. The molecule has 1 saturated carbocycles. The number of hydrogen-bond acceptors (Lipinski definition) is 3. The Labute approximate surface area is 358 Å². The number of anilines is 6. The lowest BCUT2D eigenvalue weighted by molar-refractivity contribution is 0.124. The highest BCUT2D eigenvalue weighted by atomic mass is 32.1. The minimum Gasteiger partial charge on any atom is -0.311 e. The maximum absolute atomic E-state index is 2.69. The smallest absolute Gasteiger partial charge is 0.264 e. The van der Waals surface area contributed by atoms with Gasteiger partial charge in [0.05, 0.1) is 11.4 Å². The minimum absolute atomic E-state index is 0.00247. The largest absolute Gasteiger partial charge is 0.311 e. The average Bonchev–Trinajstić information content (AvgIpc) is 3.57. The molecule has 1 atom stereocenters. The Morgan fingerprint density at radius 1 is 0.661 bits per heavy atom. The molecule has 298 valence electrons. The third-order valence-electron chi connectivity index (χ3n) is 14.4. The molecule has 0 saturated heterocycles. The van der Waals surface area contributed by atoms with Gasteiger partial charge in [-0.3, -0.25) is 0 Å². The summed E-state index contributed by atoms with van der Waals surface area (Å²) >= 11 is 2.11. The molecule has 1 aromatic heterocycles. The fourth-order valence-electron chi connectivity index (χ4n) is 10.8. The van der Waals surface area contributed by atoms with Crippen LogP contribution in [0, 0.1) is 23.7 Å². The summed E-state index contributed by atoms with van der Waals surface area (Å²) in [5.41, 5.74) is 20.7. The van der Waals surface area contributed by atoms with Gasteiger partial charge in [0.15, 0.2) is 0 Å². The van der Waals surface area contributed by atoms with E-state index in [1.165, 1.54) is 96.0 Å². The van der Waals surface area contributed by atoms with E-state index in [4.69, 9.17) is 0 Å². The second-order valence-corrected chi connectivity index (χ2v) is 22.5. The van der Waals surface area contributed by atoms with E-state index in [1.54, 1.807) is 10.5 Å². The molecule has 5 aromatic carbocycles. The van der Waals surface area contributed by atoms with E-state index in [-0.39, 0.29) is 28.4 Å². The standard InChI is InChI=1S/C55H59BN2S/c1-34-29-46-49-47(30-34)58(44-20-16-15-19-39(44)35-17-13-12-14-18-35)45-26-23-37(53(5,6)7)31-43(45)56(49)51-50(57(46)38-24-21-36(22-25-38)52(2,3)4)40-32-41-42(33-48(40)59-51)55(10,11)28-27-54(41,8)9/h12-26,29-32,42H,27-28,33H2,1-11H3. The predicted octanol–water partition coefficient (Wildman–Crippen LogP) is 13.8. The van der Waals surface area contributed by atoms with Gasteiger partial charge >= 0.3 is 0 Å². The number of thiophene rings is 1. The fourth-order valence-corrected chi connectivity index (χ4v) is 12.3. The second-order valence-electron chi connectivity index (χ2n) is 21.4. The molecule has 4 aliphatic rings. The summed E-state index contributed by atoms with van der Waals surface area (Å²) in [5.74, 6) is 0.551. The number of para-hydroxylation sites is 1. The van der Waals surface area contributed by atoms with Crippen LogP contribution in [0.15, 0.2) is 115 Å². The topological polar surface area (TPSA) is 6.48 Å². The van der Waals surface area contributed by atoms with E-state index in [1.807, 2.05) is 0 Å². The molecule has 0 spiro atoms. The lowest BCUT2D eigenvalue weighted by Gasteiger charge is -2.50. The highest BCUT2D eigenvalue weighted by Crippen LogP contribution is 2.58. The van der Waals surface area contributed by atoms with E-state index in [9.17, 15) is 0 Å². The monoisotopic (exact) mass is 790 g/mol. The number of nitrogens with zero attached hydrogens (tertiary/aromatic N) is 2. The quantitative estimate of drug-likeness (QED) is 0.165. The second kappa shape index (κ2) is 13.1. The van der Waals surface area contributed by atoms with Crippen LogP contribution in [0.2, 0.25) is 0 Å². The molecule has 1 fully saturated rings. The van der Waals surface area contributed by atoms with Crippen molar-refractivity contribution >= 4 is 74.0 Å². The van der Waals surface area contributed by atoms with Crippen molar-refractivity contribution in [1.29, 1.82) is 0 Å². The van der Waals surface area contributed by atoms with Crippen molar-refractivity contribution < 1.29 is 0 Å². The molecule has 1 unspecified atom stereocenters. The lowest BCUT2D eigenvalue weighted by Crippen LogP contribution is -2.60. The Morgan fingerprint density at radius 2 is 1.31 bits per heavy atom. The van der Waals surface area contributed by atoms with Gasteiger partial charge in [0.2, 0.25) is 0 Å². The van der Waals surface area contributed by atoms with Crippen LogP contribution >= 0.6 is 11.3 Å². The van der Waals surface area contributed by atoms with Crippen LogP contribution in [0.5, 0.6) is 0 Å². The number of hydrogen-bond donors (Lipinski definition) is 0. The van der Waals surface area contributed by atoms with Gasteiger partial charge in [-0.25, -0.2) is 0 Å². The molecule has 2 aliphatic heterocycles. The zero-order valence-corrected chi connectivity index (χ0v) is 37.9. The highest BCUT2D eigenvalue weighted by Gasteiger charge is 2.50. The number of benzene rings is 5. The molecule has 2 aliphatic carbocycles. The first-order valence-electron chi connectivity index (χ1n) is 21.9. The van der Waals surface area contributed by atoms with Gasteiger partial charge in [0, 0.05) is 43.5 Å². The van der Waals surface area contributed by atoms with Crippen LogP contribution in [0.4, 0.5) is 34.1 Å². The Kier molecular flexibility index (Phi) is 8.53. The van der Waals surface area contributed by atoms with Crippen LogP contribution in [0.3, 0.4) is 0 Å². The Morgan fingerprint density at radius 3 is 2.00 bits per heavy atom. The fraction of sp³-hybridized carbons (Fsp3) is 0.345. The molecule has 0 amide bonds. The highest BCUT2D eigenvalue weighted by molar-refractivity contribution is 7.29. The van der Waals surface area contributed by atoms with Crippen molar-refractivity contribution in [3.8, 4) is 11.1 Å². The van der Waals surface area contributed by atoms with E-state index >= 15 is 0 Å². The minimum atomic E-state index is 0.00247. The zero-order valence-electron chi connectivity index (χ0n) is 37.0. The molecular formula is C55H59BN2S. The van der Waals surface area contributed by atoms with Crippen LogP contribution in [0.25, 0.3) is 17.2 Å². The van der Waals surface area contributed by atoms with Crippen molar-refractivity contribution in [2.75, 3.05) is 9.80 Å². The first-order valence-corrected chi connectivity index (χ1v) is 22.8. The summed E-state index contributed by atoms with van der Waals surface area (Å²) in [6, 6.07) is 41.9. The molecule has 2 nitrogen and oxygen atoms in total. The summed E-state index contributed by atoms with van der Waals surface area (Å²) < 4.78 is 1.49. The third-order valence-corrected chi connectivity index (χ3v) is 15.7. The molecule has 0 radical (unpaired) electrons. The summed E-state index contributed by atoms with van der Waals surface area (Å²) in [7, 11) is 0. The van der Waals surface area contributed by atoms with Crippen LogP contribution < -0.4 is 25.5 Å². The Balaban J connectivity index is 1.30. The van der Waals surface area contributed by atoms with Crippen molar-refractivity contribution in [3.05, 3.63) is 142 Å². The molecule has 10 rings (SSSR count). The van der Waals surface area contributed by atoms with E-state index in [0.29, 0.717) is 5.92 Å². The number of allylic oxidation sites excluding steroid dienone is 1. The van der Waals surface area contributed by atoms with E-state index in [2.05, 4.69) is 213 Å². The van der Waals surface area contributed by atoms with Gasteiger partial charge < -0.3 is 9.80 Å². The van der Waals surface area contributed by atoms with Gasteiger partial charge in [-0.05, 0) is 123 Å². The number of aryl methyl sites for hydroxylation is 1. The number of rotatable bonds is 3. The lowest BCUT2D eigenvalue weighted by atomic mass is 9.36. The first-order chi connectivity index (χ1) is 27.9. The summed E-state index contributed by atoms with van der Waals surface area (Å²) in [6.45, 7) is 26.5. The van der Waals surface area contributed by atoms with Crippen LogP contribution in [-0.4, -0.2) is 6.71 Å². The van der Waals surface area contributed by atoms with Crippen LogP contribution in [0.1, 0.15) is 109 Å². The molecule has 6 aromatic rings. The Hall–Kier alpha value is -4.80. The Bertz CT molecular complexity index is 2680. The molecule has 0 N–H and O–H groups in total. The van der Waals surface area contributed by atoms with Crippen molar-refractivity contribution in [2.24, 2.45) is 16.7 Å². The predicted molar refractivity (Wildman–Crippen MR) is 258 cm³/mol. The molecule has 0 bridgehead atoms.